The molecular weight excluding hydrogens is 352 g/mol. The Kier molecular flexibility index (Phi) is 9.56. The summed E-state index contributed by atoms with van der Waals surface area (Å²) >= 11 is 0. The molecule has 0 radical (unpaired) electrons. The minimum atomic E-state index is -4.16. The van der Waals surface area contributed by atoms with Gasteiger partial charge in [0.1, 0.15) is 18.1 Å². The molecule has 24 heavy (non-hydrogen) atoms. The fraction of sp³-hybridized carbons (Fsp3) is 0.812. The van der Waals surface area contributed by atoms with Crippen LogP contribution in [0.5, 0.6) is 0 Å². The van der Waals surface area contributed by atoms with Gasteiger partial charge >= 0.3 is 16.4 Å². The van der Waals surface area contributed by atoms with Crippen molar-refractivity contribution >= 4 is 27.3 Å². The van der Waals surface area contributed by atoms with Crippen LogP contribution in [0.4, 0.5) is 0 Å². The first-order valence-corrected chi connectivity index (χ1v) is 11.1. The zero-order chi connectivity index (χ0) is 19.1. The smallest absolute Gasteiger partial charge is 0.397 e. The summed E-state index contributed by atoms with van der Waals surface area (Å²) in [5.41, 5.74) is 1.36. The Bertz CT molecular complexity index is 535. The van der Waals surface area contributed by atoms with Gasteiger partial charge < -0.3 is 4.74 Å². The van der Waals surface area contributed by atoms with E-state index in [4.69, 9.17) is 9.29 Å². The van der Waals surface area contributed by atoms with Crippen LogP contribution in [-0.2, 0) is 35.0 Å². The fourth-order valence-electron chi connectivity index (χ4n) is 2.32. The van der Waals surface area contributed by atoms with E-state index in [2.05, 4.69) is 51.1 Å². The molecule has 0 bridgehead atoms. The number of esters is 1. The second-order valence-corrected chi connectivity index (χ2v) is 10.3. The van der Waals surface area contributed by atoms with Crippen LogP contribution in [0.2, 0.25) is 0 Å². The van der Waals surface area contributed by atoms with Crippen molar-refractivity contribution in [1.82, 2.24) is 0 Å². The molecule has 1 saturated carbocycles. The van der Waals surface area contributed by atoms with Crippen LogP contribution in [0.15, 0.2) is 11.6 Å². The van der Waals surface area contributed by atoms with Crippen LogP contribution < -0.4 is 0 Å². The zero-order valence-corrected chi connectivity index (χ0v) is 17.3. The first-order valence-electron chi connectivity index (χ1n) is 7.80. The van der Waals surface area contributed by atoms with Crippen molar-refractivity contribution < 1.29 is 26.7 Å². The Hall–Kier alpha value is -0.570. The normalized spacial score (nSPS) is 22.7. The van der Waals surface area contributed by atoms with Crippen LogP contribution in [0.25, 0.3) is 0 Å². The van der Waals surface area contributed by atoms with Gasteiger partial charge in [0.05, 0.1) is 19.3 Å². The number of allylic oxidation sites excluding steroid dienone is 2. The monoisotopic (exact) mass is 383 g/mol. The van der Waals surface area contributed by atoms with Crippen molar-refractivity contribution in [3.05, 3.63) is 11.6 Å². The lowest BCUT2D eigenvalue weighted by molar-refractivity contribution is -0.145. The highest BCUT2D eigenvalue weighted by molar-refractivity contribution is 7.96. The second kappa shape index (κ2) is 9.79. The van der Waals surface area contributed by atoms with Crippen molar-refractivity contribution in [3.8, 4) is 0 Å². The predicted octanol–water partition coefficient (Wildman–Crippen LogP) is 2.47. The lowest BCUT2D eigenvalue weighted by Gasteiger charge is -2.05. The van der Waals surface area contributed by atoms with Crippen LogP contribution in [0.3, 0.4) is 0 Å². The summed E-state index contributed by atoms with van der Waals surface area (Å²) < 4.78 is 35.1. The van der Waals surface area contributed by atoms with E-state index in [0.717, 1.165) is 12.9 Å². The van der Waals surface area contributed by atoms with E-state index < -0.39 is 10.4 Å². The van der Waals surface area contributed by atoms with Gasteiger partial charge in [-0.05, 0) is 43.0 Å². The fourth-order valence-corrected chi connectivity index (χ4v) is 2.97. The summed E-state index contributed by atoms with van der Waals surface area (Å²) in [5.74, 6) is 2.60. The first kappa shape index (κ1) is 23.4. The highest BCUT2D eigenvalue weighted by Crippen LogP contribution is 2.59. The number of carbonyl (C=O) groups excluding carboxylic acids is 1. The molecule has 1 aliphatic carbocycles. The van der Waals surface area contributed by atoms with Crippen LogP contribution in [-0.4, -0.2) is 50.4 Å². The lowest BCUT2D eigenvalue weighted by Crippen LogP contribution is -2.18. The number of rotatable bonds is 7. The SMILES string of the molecule is CC[S+](C)CCOC(=O)C1C(C=C(C)C)C1(C)C.COS(=O)(=O)O. The van der Waals surface area contributed by atoms with Gasteiger partial charge in [-0.25, -0.2) is 0 Å². The van der Waals surface area contributed by atoms with Crippen LogP contribution in [0.1, 0.15) is 34.6 Å². The summed E-state index contributed by atoms with van der Waals surface area (Å²) in [6.07, 6.45) is 4.43. The molecule has 1 rings (SSSR count). The van der Waals surface area contributed by atoms with Crippen molar-refractivity contribution in [2.45, 2.75) is 34.6 Å². The molecule has 142 valence electrons. The molecule has 1 fully saturated rings. The van der Waals surface area contributed by atoms with Gasteiger partial charge in [-0.15, -0.1) is 0 Å². The van der Waals surface area contributed by atoms with E-state index in [1.165, 1.54) is 11.3 Å². The molecule has 1 aliphatic rings. The highest BCUT2D eigenvalue weighted by atomic mass is 32.3. The molecule has 0 spiro atoms. The molecule has 8 heteroatoms. The maximum absolute atomic E-state index is 12.0. The molecule has 3 atom stereocenters. The molecule has 1 N–H and O–H groups in total. The quantitative estimate of drug-likeness (QED) is 0.314. The summed E-state index contributed by atoms with van der Waals surface area (Å²) in [5, 5.41) is 0. The molecular formula is C16H31O6S2+. The van der Waals surface area contributed by atoms with Crippen LogP contribution >= 0.6 is 0 Å². The lowest BCUT2D eigenvalue weighted by atomic mass is 10.1. The van der Waals surface area contributed by atoms with Gasteiger partial charge in [0.2, 0.25) is 0 Å². The molecule has 6 nitrogen and oxygen atoms in total. The molecule has 0 amide bonds. The second-order valence-electron chi connectivity index (χ2n) is 6.61. The Morgan fingerprint density at radius 2 is 1.83 bits per heavy atom. The molecule has 0 aromatic heterocycles. The van der Waals surface area contributed by atoms with Gasteiger partial charge in [0, 0.05) is 0 Å². The average Bonchev–Trinajstić information content (AvgIpc) is 2.98. The molecule has 0 heterocycles. The molecule has 3 unspecified atom stereocenters. The molecule has 0 saturated heterocycles. The predicted molar refractivity (Wildman–Crippen MR) is 98.4 cm³/mol. The van der Waals surface area contributed by atoms with Gasteiger partial charge in [0.25, 0.3) is 0 Å². The van der Waals surface area contributed by atoms with Crippen molar-refractivity contribution in [3.63, 3.8) is 0 Å². The van der Waals surface area contributed by atoms with E-state index in [0.29, 0.717) is 23.4 Å². The first-order chi connectivity index (χ1) is 10.9. The average molecular weight is 384 g/mol. The standard InChI is InChI=1S/C15H27O2S.CH4O4S/c1-7-18(6)9-8-17-14(16)13-12(10-11(2)3)15(13,4)5;1-5-6(2,3)4/h10,12-13H,7-9H2,1-6H3;1H3,(H,2,3,4)/q+1;. The zero-order valence-electron chi connectivity index (χ0n) is 15.7. The van der Waals surface area contributed by atoms with E-state index in [-0.39, 0.29) is 17.3 Å². The Morgan fingerprint density at radius 1 is 1.33 bits per heavy atom. The van der Waals surface area contributed by atoms with E-state index >= 15 is 0 Å². The Balaban J connectivity index is 0.000000754. The molecule has 0 aromatic rings. The number of hydrogen-bond donors (Lipinski definition) is 1. The molecule has 0 aliphatic heterocycles. The maximum Gasteiger partial charge on any atom is 0.397 e. The minimum absolute atomic E-state index is 0.00407. The van der Waals surface area contributed by atoms with Crippen molar-refractivity contribution in [2.75, 3.05) is 31.5 Å². The third-order valence-corrected chi connectivity index (χ3v) is 6.33. The van der Waals surface area contributed by atoms with Gasteiger partial charge in [0.15, 0.2) is 0 Å². The summed E-state index contributed by atoms with van der Waals surface area (Å²) in [4.78, 5) is 12.0. The largest absolute Gasteiger partial charge is 0.460 e. The topological polar surface area (TPSA) is 89.9 Å². The van der Waals surface area contributed by atoms with Crippen molar-refractivity contribution in [1.29, 1.82) is 0 Å². The molecule has 0 aromatic carbocycles. The van der Waals surface area contributed by atoms with Crippen LogP contribution in [0, 0.1) is 17.3 Å². The third kappa shape index (κ3) is 8.50. The van der Waals surface area contributed by atoms with Gasteiger partial charge in [-0.2, -0.15) is 8.42 Å². The maximum atomic E-state index is 12.0. The Morgan fingerprint density at radius 3 is 2.21 bits per heavy atom. The van der Waals surface area contributed by atoms with Crippen molar-refractivity contribution in [2.24, 2.45) is 17.3 Å². The van der Waals surface area contributed by atoms with E-state index in [1.807, 2.05) is 0 Å². The minimum Gasteiger partial charge on any atom is -0.460 e. The Labute approximate surface area is 149 Å². The number of carbonyl (C=O) groups is 1. The number of ether oxygens (including phenoxy) is 1. The van der Waals surface area contributed by atoms with Gasteiger partial charge in [-0.1, -0.05) is 25.5 Å². The highest BCUT2D eigenvalue weighted by Gasteiger charge is 2.61. The van der Waals surface area contributed by atoms with E-state index in [9.17, 15) is 13.2 Å². The van der Waals surface area contributed by atoms with E-state index in [1.54, 1.807) is 0 Å². The summed E-state index contributed by atoms with van der Waals surface area (Å²) in [7, 11) is -2.90. The summed E-state index contributed by atoms with van der Waals surface area (Å²) in [6, 6.07) is 0. The number of hydrogen-bond acceptors (Lipinski definition) is 5. The third-order valence-electron chi connectivity index (χ3n) is 4.06. The van der Waals surface area contributed by atoms with Gasteiger partial charge in [-0.3, -0.25) is 13.5 Å². The summed E-state index contributed by atoms with van der Waals surface area (Å²) in [6.45, 7) is 11.2.